The van der Waals surface area contributed by atoms with Gasteiger partial charge in [-0.1, -0.05) is 38.4 Å². The van der Waals surface area contributed by atoms with Crippen molar-refractivity contribution >= 4 is 11.6 Å². The summed E-state index contributed by atoms with van der Waals surface area (Å²) >= 11 is 6.14. The van der Waals surface area contributed by atoms with Crippen LogP contribution in [0.2, 0.25) is 5.02 Å². The SMILES string of the molecule is CCCNC(c1ccc(Cl)cc1C)C1CC(C)CC(C)C1. The van der Waals surface area contributed by atoms with Gasteiger partial charge in [0, 0.05) is 11.1 Å². The van der Waals surface area contributed by atoms with Crippen molar-refractivity contribution in [3.05, 3.63) is 34.3 Å². The molecule has 3 atom stereocenters. The number of hydrogen-bond acceptors (Lipinski definition) is 1. The summed E-state index contributed by atoms with van der Waals surface area (Å²) in [5.41, 5.74) is 2.76. The Morgan fingerprint density at radius 2 is 1.86 bits per heavy atom. The third kappa shape index (κ3) is 4.47. The smallest absolute Gasteiger partial charge is 0.0408 e. The normalized spacial score (nSPS) is 27.6. The molecule has 0 amide bonds. The van der Waals surface area contributed by atoms with Gasteiger partial charge in [0.25, 0.3) is 0 Å². The monoisotopic (exact) mass is 307 g/mol. The summed E-state index contributed by atoms with van der Waals surface area (Å²) < 4.78 is 0. The van der Waals surface area contributed by atoms with Crippen molar-refractivity contribution in [1.29, 1.82) is 0 Å². The van der Waals surface area contributed by atoms with Gasteiger partial charge in [-0.05, 0) is 80.2 Å². The van der Waals surface area contributed by atoms with Crippen molar-refractivity contribution in [2.45, 2.75) is 59.4 Å². The van der Waals surface area contributed by atoms with Gasteiger partial charge in [0.2, 0.25) is 0 Å². The molecule has 0 spiro atoms. The summed E-state index contributed by atoms with van der Waals surface area (Å²) in [5, 5.41) is 4.66. The van der Waals surface area contributed by atoms with Crippen molar-refractivity contribution in [1.82, 2.24) is 5.32 Å². The fourth-order valence-electron chi connectivity index (χ4n) is 4.10. The van der Waals surface area contributed by atoms with Gasteiger partial charge in [-0.2, -0.15) is 0 Å². The number of aryl methyl sites for hydroxylation is 1. The molecule has 21 heavy (non-hydrogen) atoms. The summed E-state index contributed by atoms with van der Waals surface area (Å²) in [6.45, 7) is 10.3. The molecule has 1 aliphatic carbocycles. The van der Waals surface area contributed by atoms with Crippen molar-refractivity contribution in [3.63, 3.8) is 0 Å². The van der Waals surface area contributed by atoms with Crippen LogP contribution in [-0.2, 0) is 0 Å². The van der Waals surface area contributed by atoms with Crippen LogP contribution in [0, 0.1) is 24.7 Å². The lowest BCUT2D eigenvalue weighted by atomic mass is 9.72. The van der Waals surface area contributed by atoms with E-state index in [1.165, 1.54) is 36.8 Å². The van der Waals surface area contributed by atoms with E-state index in [1.807, 2.05) is 6.07 Å². The number of rotatable bonds is 5. The van der Waals surface area contributed by atoms with Crippen LogP contribution in [0.4, 0.5) is 0 Å². The number of benzene rings is 1. The Kier molecular flexibility index (Phi) is 6.13. The first-order valence-corrected chi connectivity index (χ1v) is 8.88. The predicted octanol–water partition coefficient (Wildman–Crippen LogP) is 5.76. The molecule has 2 rings (SSSR count). The molecule has 1 fully saturated rings. The van der Waals surface area contributed by atoms with Crippen molar-refractivity contribution < 1.29 is 0 Å². The fraction of sp³-hybridized carbons (Fsp3) is 0.684. The van der Waals surface area contributed by atoms with E-state index >= 15 is 0 Å². The van der Waals surface area contributed by atoms with E-state index in [2.05, 4.69) is 45.1 Å². The van der Waals surface area contributed by atoms with Crippen LogP contribution < -0.4 is 5.32 Å². The average Bonchev–Trinajstić information content (AvgIpc) is 2.40. The van der Waals surface area contributed by atoms with E-state index in [0.717, 1.165) is 29.3 Å². The zero-order chi connectivity index (χ0) is 15.4. The van der Waals surface area contributed by atoms with E-state index in [-0.39, 0.29) is 0 Å². The zero-order valence-electron chi connectivity index (χ0n) is 14.0. The van der Waals surface area contributed by atoms with Crippen LogP contribution in [0.15, 0.2) is 18.2 Å². The summed E-state index contributed by atoms with van der Waals surface area (Å²) in [6, 6.07) is 6.86. The molecule has 1 aromatic rings. The molecule has 0 bridgehead atoms. The third-order valence-corrected chi connectivity index (χ3v) is 5.10. The van der Waals surface area contributed by atoms with Crippen molar-refractivity contribution in [3.8, 4) is 0 Å². The summed E-state index contributed by atoms with van der Waals surface area (Å²) in [4.78, 5) is 0. The first kappa shape index (κ1) is 16.8. The van der Waals surface area contributed by atoms with E-state index in [0.29, 0.717) is 6.04 Å². The van der Waals surface area contributed by atoms with Gasteiger partial charge in [-0.15, -0.1) is 0 Å². The second-order valence-electron chi connectivity index (χ2n) is 7.11. The second kappa shape index (κ2) is 7.65. The minimum atomic E-state index is 0.479. The van der Waals surface area contributed by atoms with Gasteiger partial charge >= 0.3 is 0 Å². The largest absolute Gasteiger partial charge is 0.310 e. The standard InChI is InChI=1S/C19H30ClN/c1-5-8-21-19(16-10-13(2)9-14(3)11-16)18-7-6-17(20)12-15(18)4/h6-7,12-14,16,19,21H,5,8-11H2,1-4H3. The quantitative estimate of drug-likeness (QED) is 0.729. The molecule has 1 aliphatic rings. The number of nitrogens with one attached hydrogen (secondary N) is 1. The van der Waals surface area contributed by atoms with E-state index < -0.39 is 0 Å². The third-order valence-electron chi connectivity index (χ3n) is 4.87. The van der Waals surface area contributed by atoms with Gasteiger partial charge < -0.3 is 5.32 Å². The number of hydrogen-bond donors (Lipinski definition) is 1. The zero-order valence-corrected chi connectivity index (χ0v) is 14.7. The fourth-order valence-corrected chi connectivity index (χ4v) is 4.33. The minimum Gasteiger partial charge on any atom is -0.310 e. The molecule has 0 radical (unpaired) electrons. The molecule has 1 nitrogen and oxygen atoms in total. The maximum absolute atomic E-state index is 6.14. The first-order chi connectivity index (χ1) is 10.0. The summed E-state index contributed by atoms with van der Waals surface area (Å²) in [6.07, 6.45) is 5.25. The molecule has 0 aromatic heterocycles. The van der Waals surface area contributed by atoms with Crippen molar-refractivity contribution in [2.24, 2.45) is 17.8 Å². The molecular weight excluding hydrogens is 278 g/mol. The summed E-state index contributed by atoms with van der Waals surface area (Å²) in [5.74, 6) is 2.43. The van der Waals surface area contributed by atoms with Crippen LogP contribution in [-0.4, -0.2) is 6.54 Å². The minimum absolute atomic E-state index is 0.479. The van der Waals surface area contributed by atoms with Crippen molar-refractivity contribution in [2.75, 3.05) is 6.54 Å². The van der Waals surface area contributed by atoms with Crippen LogP contribution >= 0.6 is 11.6 Å². The topological polar surface area (TPSA) is 12.0 Å². The lowest BCUT2D eigenvalue weighted by Crippen LogP contribution is -2.34. The lowest BCUT2D eigenvalue weighted by Gasteiger charge is -2.38. The predicted molar refractivity (Wildman–Crippen MR) is 92.9 cm³/mol. The maximum Gasteiger partial charge on any atom is 0.0408 e. The van der Waals surface area contributed by atoms with E-state index in [1.54, 1.807) is 0 Å². The Labute approximate surface area is 135 Å². The molecule has 0 saturated heterocycles. The van der Waals surface area contributed by atoms with Gasteiger partial charge in [-0.25, -0.2) is 0 Å². The molecule has 0 heterocycles. The first-order valence-electron chi connectivity index (χ1n) is 8.50. The van der Waals surface area contributed by atoms with Gasteiger partial charge in [0.05, 0.1) is 0 Å². The molecule has 2 heteroatoms. The Bertz CT molecular complexity index is 447. The highest BCUT2D eigenvalue weighted by Gasteiger charge is 2.31. The highest BCUT2D eigenvalue weighted by molar-refractivity contribution is 6.30. The highest BCUT2D eigenvalue weighted by Crippen LogP contribution is 2.40. The average molecular weight is 308 g/mol. The van der Waals surface area contributed by atoms with E-state index in [4.69, 9.17) is 11.6 Å². The molecule has 1 aromatic carbocycles. The molecule has 3 unspecified atom stereocenters. The van der Waals surface area contributed by atoms with Gasteiger partial charge in [0.1, 0.15) is 0 Å². The number of halogens is 1. The molecule has 0 aliphatic heterocycles. The van der Waals surface area contributed by atoms with Gasteiger partial charge in [0.15, 0.2) is 0 Å². The Morgan fingerprint density at radius 3 is 2.43 bits per heavy atom. The van der Waals surface area contributed by atoms with Crippen LogP contribution in [0.25, 0.3) is 0 Å². The summed E-state index contributed by atoms with van der Waals surface area (Å²) in [7, 11) is 0. The maximum atomic E-state index is 6.14. The van der Waals surface area contributed by atoms with Crippen LogP contribution in [0.3, 0.4) is 0 Å². The Balaban J connectivity index is 2.24. The molecular formula is C19H30ClN. The molecule has 118 valence electrons. The molecule has 1 saturated carbocycles. The highest BCUT2D eigenvalue weighted by atomic mass is 35.5. The van der Waals surface area contributed by atoms with Crippen LogP contribution in [0.5, 0.6) is 0 Å². The van der Waals surface area contributed by atoms with Gasteiger partial charge in [-0.3, -0.25) is 0 Å². The van der Waals surface area contributed by atoms with E-state index in [9.17, 15) is 0 Å². The lowest BCUT2D eigenvalue weighted by molar-refractivity contribution is 0.176. The molecule has 1 N–H and O–H groups in total. The van der Waals surface area contributed by atoms with Crippen LogP contribution in [0.1, 0.15) is 63.6 Å². The Hall–Kier alpha value is -0.530. The Morgan fingerprint density at radius 1 is 1.19 bits per heavy atom. The second-order valence-corrected chi connectivity index (χ2v) is 7.55.